The number of amides is 1. The molecule has 1 N–H and O–H groups in total. The lowest BCUT2D eigenvalue weighted by molar-refractivity contribution is -0.114. The highest BCUT2D eigenvalue weighted by Crippen LogP contribution is 2.34. The van der Waals surface area contributed by atoms with Crippen molar-refractivity contribution in [3.8, 4) is 0 Å². The standard InChI is InChI=1S/C8H6Cl3NO3S/c1-4(13)12-5-2-6(9)8(7(10)3-5)16(11,14)15/h2-3H,1H3,(H,12,13). The van der Waals surface area contributed by atoms with Crippen LogP contribution in [0.3, 0.4) is 0 Å². The Morgan fingerprint density at radius 1 is 1.25 bits per heavy atom. The van der Waals surface area contributed by atoms with Crippen molar-refractivity contribution >= 4 is 54.5 Å². The van der Waals surface area contributed by atoms with E-state index in [1.54, 1.807) is 0 Å². The van der Waals surface area contributed by atoms with Gasteiger partial charge in [0.05, 0.1) is 10.0 Å². The monoisotopic (exact) mass is 301 g/mol. The van der Waals surface area contributed by atoms with Crippen LogP contribution in [-0.2, 0) is 13.8 Å². The Labute approximate surface area is 107 Å². The fraction of sp³-hybridized carbons (Fsp3) is 0.125. The van der Waals surface area contributed by atoms with E-state index in [2.05, 4.69) is 5.32 Å². The molecule has 0 aliphatic carbocycles. The molecule has 1 aromatic rings. The summed E-state index contributed by atoms with van der Waals surface area (Å²) < 4.78 is 22.2. The first-order valence-corrected chi connectivity index (χ1v) is 6.99. The maximum absolute atomic E-state index is 11.1. The molecule has 0 aromatic heterocycles. The molecule has 1 aromatic carbocycles. The molecule has 0 atom stereocenters. The normalized spacial score (nSPS) is 11.2. The lowest BCUT2D eigenvalue weighted by Crippen LogP contribution is -2.06. The minimum Gasteiger partial charge on any atom is -0.326 e. The third kappa shape index (κ3) is 3.25. The zero-order valence-electron chi connectivity index (χ0n) is 7.92. The summed E-state index contributed by atoms with van der Waals surface area (Å²) in [6, 6.07) is 2.51. The van der Waals surface area contributed by atoms with Gasteiger partial charge in [0, 0.05) is 23.3 Å². The van der Waals surface area contributed by atoms with Crippen molar-refractivity contribution in [2.75, 3.05) is 5.32 Å². The SMILES string of the molecule is CC(=O)Nc1cc(Cl)c(S(=O)(=O)Cl)c(Cl)c1. The first-order valence-electron chi connectivity index (χ1n) is 3.93. The van der Waals surface area contributed by atoms with E-state index in [9.17, 15) is 13.2 Å². The summed E-state index contributed by atoms with van der Waals surface area (Å²) >= 11 is 11.4. The second kappa shape index (κ2) is 4.79. The molecule has 1 amide bonds. The fourth-order valence-electron chi connectivity index (χ4n) is 1.07. The van der Waals surface area contributed by atoms with Gasteiger partial charge in [0.2, 0.25) is 5.91 Å². The predicted molar refractivity (Wildman–Crippen MR) is 63.8 cm³/mol. The Kier molecular flexibility index (Phi) is 4.07. The lowest BCUT2D eigenvalue weighted by atomic mass is 10.3. The van der Waals surface area contributed by atoms with Crippen molar-refractivity contribution in [3.63, 3.8) is 0 Å². The van der Waals surface area contributed by atoms with Gasteiger partial charge in [0.1, 0.15) is 4.90 Å². The third-order valence-corrected chi connectivity index (χ3v) is 3.77. The van der Waals surface area contributed by atoms with Gasteiger partial charge in [0.25, 0.3) is 9.05 Å². The molecular weight excluding hydrogens is 297 g/mol. The maximum Gasteiger partial charge on any atom is 0.264 e. The quantitative estimate of drug-likeness (QED) is 0.854. The number of carbonyl (C=O) groups excluding carboxylic acids is 1. The van der Waals surface area contributed by atoms with Gasteiger partial charge in [-0.3, -0.25) is 4.79 Å². The second-order valence-corrected chi connectivity index (χ2v) is 6.21. The molecule has 8 heteroatoms. The number of hydrogen-bond acceptors (Lipinski definition) is 3. The average molecular weight is 303 g/mol. The van der Waals surface area contributed by atoms with Crippen LogP contribution >= 0.6 is 33.9 Å². The summed E-state index contributed by atoms with van der Waals surface area (Å²) in [5.41, 5.74) is 0.298. The highest BCUT2D eigenvalue weighted by atomic mass is 35.7. The molecule has 0 heterocycles. The molecule has 0 unspecified atom stereocenters. The molecule has 0 saturated carbocycles. The summed E-state index contributed by atoms with van der Waals surface area (Å²) in [4.78, 5) is 10.4. The molecule has 4 nitrogen and oxygen atoms in total. The smallest absolute Gasteiger partial charge is 0.264 e. The van der Waals surface area contributed by atoms with Crippen molar-refractivity contribution in [1.82, 2.24) is 0 Å². The number of anilines is 1. The van der Waals surface area contributed by atoms with Crippen molar-refractivity contribution in [2.45, 2.75) is 11.8 Å². The number of nitrogens with one attached hydrogen (secondary N) is 1. The number of hydrogen-bond donors (Lipinski definition) is 1. The van der Waals surface area contributed by atoms with Gasteiger partial charge >= 0.3 is 0 Å². The Bertz CT molecular complexity index is 518. The molecule has 16 heavy (non-hydrogen) atoms. The highest BCUT2D eigenvalue weighted by molar-refractivity contribution is 8.14. The zero-order chi connectivity index (χ0) is 12.5. The molecule has 0 radical (unpaired) electrons. The van der Waals surface area contributed by atoms with Crippen LogP contribution < -0.4 is 5.32 Å². The molecular formula is C8H6Cl3NO3S. The minimum absolute atomic E-state index is 0.147. The van der Waals surface area contributed by atoms with E-state index in [4.69, 9.17) is 33.9 Å². The van der Waals surface area contributed by atoms with E-state index in [1.807, 2.05) is 0 Å². The van der Waals surface area contributed by atoms with Crippen LogP contribution in [0.15, 0.2) is 17.0 Å². The van der Waals surface area contributed by atoms with Crippen LogP contribution in [0.1, 0.15) is 6.92 Å². The van der Waals surface area contributed by atoms with Gasteiger partial charge in [-0.1, -0.05) is 23.2 Å². The molecule has 0 aliphatic heterocycles. The number of carbonyl (C=O) groups is 1. The Morgan fingerprint density at radius 3 is 2.00 bits per heavy atom. The summed E-state index contributed by atoms with van der Waals surface area (Å²) in [5, 5.41) is 2.13. The van der Waals surface area contributed by atoms with Gasteiger partial charge in [0.15, 0.2) is 0 Å². The number of rotatable bonds is 2. The van der Waals surface area contributed by atoms with Crippen LogP contribution in [0.5, 0.6) is 0 Å². The highest BCUT2D eigenvalue weighted by Gasteiger charge is 2.20. The van der Waals surface area contributed by atoms with Gasteiger partial charge in [-0.25, -0.2) is 8.42 Å². The van der Waals surface area contributed by atoms with Gasteiger partial charge in [-0.05, 0) is 12.1 Å². The van der Waals surface area contributed by atoms with Crippen molar-refractivity contribution in [2.24, 2.45) is 0 Å². The molecule has 88 valence electrons. The summed E-state index contributed by atoms with van der Waals surface area (Å²) in [6.07, 6.45) is 0. The molecule has 0 spiro atoms. The Balaban J connectivity index is 3.34. The Morgan fingerprint density at radius 2 is 1.69 bits per heavy atom. The number of benzene rings is 1. The van der Waals surface area contributed by atoms with Crippen molar-refractivity contribution in [1.29, 1.82) is 0 Å². The molecule has 0 aliphatic rings. The maximum atomic E-state index is 11.1. The topological polar surface area (TPSA) is 63.2 Å². The first kappa shape index (κ1) is 13.6. The van der Waals surface area contributed by atoms with Crippen molar-refractivity contribution in [3.05, 3.63) is 22.2 Å². The molecule has 0 saturated heterocycles. The molecule has 1 rings (SSSR count). The predicted octanol–water partition coefficient (Wildman–Crippen LogP) is 2.88. The van der Waals surface area contributed by atoms with E-state index in [1.165, 1.54) is 19.1 Å². The van der Waals surface area contributed by atoms with E-state index < -0.39 is 9.05 Å². The summed E-state index contributed by atoms with van der Waals surface area (Å²) in [6.45, 7) is 1.30. The average Bonchev–Trinajstić information content (AvgIpc) is 1.96. The Hall–Kier alpha value is -0.490. The number of halogens is 3. The van der Waals surface area contributed by atoms with Crippen LogP contribution in [0.2, 0.25) is 10.0 Å². The van der Waals surface area contributed by atoms with Crippen LogP contribution in [-0.4, -0.2) is 14.3 Å². The van der Waals surface area contributed by atoms with E-state index in [-0.39, 0.29) is 20.8 Å². The first-order chi connectivity index (χ1) is 7.21. The summed E-state index contributed by atoms with van der Waals surface area (Å²) in [7, 11) is 1.13. The third-order valence-electron chi connectivity index (χ3n) is 1.56. The van der Waals surface area contributed by atoms with Gasteiger partial charge in [-0.2, -0.15) is 0 Å². The van der Waals surface area contributed by atoms with E-state index in [0.29, 0.717) is 5.69 Å². The fourth-order valence-corrected chi connectivity index (χ4v) is 3.48. The molecule has 0 fully saturated rings. The summed E-state index contributed by atoms with van der Waals surface area (Å²) in [5.74, 6) is -0.325. The van der Waals surface area contributed by atoms with Gasteiger partial charge in [-0.15, -0.1) is 0 Å². The largest absolute Gasteiger partial charge is 0.326 e. The van der Waals surface area contributed by atoms with Crippen LogP contribution in [0, 0.1) is 0 Å². The van der Waals surface area contributed by atoms with Crippen molar-refractivity contribution < 1.29 is 13.2 Å². The van der Waals surface area contributed by atoms with Gasteiger partial charge < -0.3 is 5.32 Å². The second-order valence-electron chi connectivity index (χ2n) is 2.89. The minimum atomic E-state index is -4.01. The lowest BCUT2D eigenvalue weighted by Gasteiger charge is -2.07. The van der Waals surface area contributed by atoms with Crippen LogP contribution in [0.25, 0.3) is 0 Å². The van der Waals surface area contributed by atoms with E-state index >= 15 is 0 Å². The van der Waals surface area contributed by atoms with Crippen LogP contribution in [0.4, 0.5) is 5.69 Å². The zero-order valence-corrected chi connectivity index (χ0v) is 11.0. The molecule has 0 bridgehead atoms. The van der Waals surface area contributed by atoms with E-state index in [0.717, 1.165) is 0 Å².